The number of rotatable bonds is 5. The largest absolute Gasteiger partial charge is 0.394 e. The van der Waals surface area contributed by atoms with Crippen LogP contribution in [0.3, 0.4) is 0 Å². The molecule has 1 rings (SSSR count). The maximum Gasteiger partial charge on any atom is 0.238 e. The van der Waals surface area contributed by atoms with E-state index in [-0.39, 0.29) is 19.1 Å². The SMILES string of the molecule is CN(CC(=O)Nc1ccccc1Cl)C(C)(C)CO. The Morgan fingerprint density at radius 2 is 2.06 bits per heavy atom. The van der Waals surface area contributed by atoms with Crippen molar-refractivity contribution in [3.05, 3.63) is 29.3 Å². The van der Waals surface area contributed by atoms with Gasteiger partial charge in [0.25, 0.3) is 0 Å². The van der Waals surface area contributed by atoms with Crippen molar-refractivity contribution in [2.24, 2.45) is 0 Å². The van der Waals surface area contributed by atoms with E-state index in [9.17, 15) is 9.90 Å². The molecule has 18 heavy (non-hydrogen) atoms. The zero-order chi connectivity index (χ0) is 13.8. The molecule has 4 nitrogen and oxygen atoms in total. The van der Waals surface area contributed by atoms with Crippen LogP contribution in [0.5, 0.6) is 0 Å². The van der Waals surface area contributed by atoms with E-state index >= 15 is 0 Å². The molecule has 0 fully saturated rings. The van der Waals surface area contributed by atoms with Crippen molar-refractivity contribution in [3.8, 4) is 0 Å². The second-order valence-corrected chi connectivity index (χ2v) is 5.26. The molecule has 0 atom stereocenters. The molecule has 0 bridgehead atoms. The van der Waals surface area contributed by atoms with Gasteiger partial charge in [-0.2, -0.15) is 0 Å². The maximum atomic E-state index is 11.8. The van der Waals surface area contributed by atoms with Crippen LogP contribution in [0.25, 0.3) is 0 Å². The van der Waals surface area contributed by atoms with E-state index < -0.39 is 5.54 Å². The van der Waals surface area contributed by atoms with Gasteiger partial charge in [-0.05, 0) is 33.0 Å². The summed E-state index contributed by atoms with van der Waals surface area (Å²) in [7, 11) is 1.79. The third-order valence-corrected chi connectivity index (χ3v) is 3.28. The number of carbonyl (C=O) groups is 1. The van der Waals surface area contributed by atoms with Crippen molar-refractivity contribution >= 4 is 23.2 Å². The van der Waals surface area contributed by atoms with Gasteiger partial charge < -0.3 is 10.4 Å². The highest BCUT2D eigenvalue weighted by molar-refractivity contribution is 6.33. The number of aliphatic hydroxyl groups is 1. The molecular weight excluding hydrogens is 252 g/mol. The number of hydrogen-bond acceptors (Lipinski definition) is 3. The van der Waals surface area contributed by atoms with E-state index in [0.29, 0.717) is 10.7 Å². The Hall–Kier alpha value is -1.10. The Labute approximate surface area is 113 Å². The van der Waals surface area contributed by atoms with Crippen molar-refractivity contribution in [1.82, 2.24) is 4.90 Å². The second kappa shape index (κ2) is 6.18. The van der Waals surface area contributed by atoms with Gasteiger partial charge in [-0.15, -0.1) is 0 Å². The molecule has 0 aliphatic rings. The molecule has 0 radical (unpaired) electrons. The highest BCUT2D eigenvalue weighted by Gasteiger charge is 2.24. The first-order valence-electron chi connectivity index (χ1n) is 5.73. The van der Waals surface area contributed by atoms with Crippen LogP contribution in [0.4, 0.5) is 5.69 Å². The van der Waals surface area contributed by atoms with Crippen LogP contribution in [0.2, 0.25) is 5.02 Å². The molecule has 0 unspecified atom stereocenters. The zero-order valence-electron chi connectivity index (χ0n) is 10.9. The number of hydrogen-bond donors (Lipinski definition) is 2. The summed E-state index contributed by atoms with van der Waals surface area (Å²) in [4.78, 5) is 13.6. The predicted octanol–water partition coefficient (Wildman–Crippen LogP) is 1.98. The normalized spacial score (nSPS) is 11.7. The number of nitrogens with zero attached hydrogens (tertiary/aromatic N) is 1. The monoisotopic (exact) mass is 270 g/mol. The summed E-state index contributed by atoms with van der Waals surface area (Å²) in [5.41, 5.74) is 0.164. The summed E-state index contributed by atoms with van der Waals surface area (Å²) in [6.07, 6.45) is 0. The number of para-hydroxylation sites is 1. The number of nitrogens with one attached hydrogen (secondary N) is 1. The molecule has 1 aromatic carbocycles. The minimum absolute atomic E-state index is 0.0110. The van der Waals surface area contributed by atoms with Crippen LogP contribution in [0, 0.1) is 0 Å². The smallest absolute Gasteiger partial charge is 0.238 e. The molecule has 1 aromatic rings. The fourth-order valence-corrected chi connectivity index (χ4v) is 1.49. The summed E-state index contributed by atoms with van der Waals surface area (Å²) in [6, 6.07) is 7.08. The van der Waals surface area contributed by atoms with Gasteiger partial charge in [-0.25, -0.2) is 0 Å². The predicted molar refractivity (Wildman–Crippen MR) is 73.9 cm³/mol. The molecule has 1 amide bonds. The Morgan fingerprint density at radius 3 is 2.61 bits per heavy atom. The van der Waals surface area contributed by atoms with Gasteiger partial charge in [0, 0.05) is 5.54 Å². The number of carbonyl (C=O) groups excluding carboxylic acids is 1. The first-order valence-corrected chi connectivity index (χ1v) is 6.11. The van der Waals surface area contributed by atoms with Gasteiger partial charge in [0.15, 0.2) is 0 Å². The minimum Gasteiger partial charge on any atom is -0.394 e. The fourth-order valence-electron chi connectivity index (χ4n) is 1.30. The van der Waals surface area contributed by atoms with Crippen LogP contribution in [-0.2, 0) is 4.79 Å². The van der Waals surface area contributed by atoms with Gasteiger partial charge in [-0.3, -0.25) is 9.69 Å². The van der Waals surface area contributed by atoms with Gasteiger partial charge in [-0.1, -0.05) is 23.7 Å². The number of amides is 1. The fraction of sp³-hybridized carbons (Fsp3) is 0.462. The Kier molecular flexibility index (Phi) is 5.14. The van der Waals surface area contributed by atoms with E-state index in [2.05, 4.69) is 5.32 Å². The second-order valence-electron chi connectivity index (χ2n) is 4.85. The number of likely N-dealkylation sites (N-methyl/N-ethyl adjacent to an activating group) is 1. The van der Waals surface area contributed by atoms with Gasteiger partial charge in [0.2, 0.25) is 5.91 Å². The average Bonchev–Trinajstić information content (AvgIpc) is 2.32. The van der Waals surface area contributed by atoms with Crippen molar-refractivity contribution in [2.75, 3.05) is 25.5 Å². The first kappa shape index (κ1) is 15.0. The molecule has 0 heterocycles. The molecular formula is C13H19ClN2O2. The minimum atomic E-state index is -0.433. The highest BCUT2D eigenvalue weighted by atomic mass is 35.5. The van der Waals surface area contributed by atoms with E-state index in [4.69, 9.17) is 11.6 Å². The Balaban J connectivity index is 2.60. The van der Waals surface area contributed by atoms with Gasteiger partial charge in [0.05, 0.1) is 23.9 Å². The Morgan fingerprint density at radius 1 is 1.44 bits per heavy atom. The third kappa shape index (κ3) is 3.98. The summed E-state index contributed by atoms with van der Waals surface area (Å²) in [5.74, 6) is -0.160. The van der Waals surface area contributed by atoms with Crippen molar-refractivity contribution in [3.63, 3.8) is 0 Å². The highest BCUT2D eigenvalue weighted by Crippen LogP contribution is 2.20. The average molecular weight is 271 g/mol. The molecule has 0 aromatic heterocycles. The lowest BCUT2D eigenvalue weighted by Gasteiger charge is -2.33. The molecule has 0 aliphatic heterocycles. The van der Waals surface area contributed by atoms with Crippen LogP contribution in [-0.4, -0.2) is 41.7 Å². The lowest BCUT2D eigenvalue weighted by atomic mass is 10.1. The van der Waals surface area contributed by atoms with Crippen molar-refractivity contribution in [1.29, 1.82) is 0 Å². The number of halogens is 1. The number of benzene rings is 1. The first-order chi connectivity index (χ1) is 8.36. The standard InChI is InChI=1S/C13H19ClN2O2/c1-13(2,9-17)16(3)8-12(18)15-11-7-5-4-6-10(11)14/h4-7,17H,8-9H2,1-3H3,(H,15,18). The van der Waals surface area contributed by atoms with E-state index in [1.807, 2.05) is 19.9 Å². The topological polar surface area (TPSA) is 52.6 Å². The summed E-state index contributed by atoms with van der Waals surface area (Å²) < 4.78 is 0. The van der Waals surface area contributed by atoms with Crippen molar-refractivity contribution < 1.29 is 9.90 Å². The van der Waals surface area contributed by atoms with Crippen LogP contribution in [0.15, 0.2) is 24.3 Å². The van der Waals surface area contributed by atoms with Gasteiger partial charge in [0.1, 0.15) is 0 Å². The van der Waals surface area contributed by atoms with E-state index in [1.54, 1.807) is 30.1 Å². The van der Waals surface area contributed by atoms with E-state index in [1.165, 1.54) is 0 Å². The van der Waals surface area contributed by atoms with Crippen molar-refractivity contribution in [2.45, 2.75) is 19.4 Å². The van der Waals surface area contributed by atoms with Crippen LogP contribution in [0.1, 0.15) is 13.8 Å². The summed E-state index contributed by atoms with van der Waals surface area (Å²) in [6.45, 7) is 3.92. The molecule has 100 valence electrons. The molecule has 0 spiro atoms. The molecule has 5 heteroatoms. The zero-order valence-corrected chi connectivity index (χ0v) is 11.7. The van der Waals surface area contributed by atoms with E-state index in [0.717, 1.165) is 0 Å². The quantitative estimate of drug-likeness (QED) is 0.860. The Bertz CT molecular complexity index is 421. The lowest BCUT2D eigenvalue weighted by Crippen LogP contribution is -2.47. The number of aliphatic hydroxyl groups excluding tert-OH is 1. The third-order valence-electron chi connectivity index (χ3n) is 2.95. The lowest BCUT2D eigenvalue weighted by molar-refractivity contribution is -0.118. The number of anilines is 1. The molecule has 0 saturated carbocycles. The van der Waals surface area contributed by atoms with Gasteiger partial charge >= 0.3 is 0 Å². The molecule has 0 saturated heterocycles. The van der Waals surface area contributed by atoms with Crippen LogP contribution >= 0.6 is 11.6 Å². The molecule has 2 N–H and O–H groups in total. The summed E-state index contributed by atoms with van der Waals surface area (Å²) >= 11 is 5.95. The summed E-state index contributed by atoms with van der Waals surface area (Å²) in [5, 5.41) is 12.5. The maximum absolute atomic E-state index is 11.8. The van der Waals surface area contributed by atoms with Crippen LogP contribution < -0.4 is 5.32 Å². The molecule has 0 aliphatic carbocycles.